The number of carbonyl (C=O) groups excluding carboxylic acids is 2. The first-order valence-corrected chi connectivity index (χ1v) is 7.91. The summed E-state index contributed by atoms with van der Waals surface area (Å²) in [6.45, 7) is 1.55. The topological polar surface area (TPSA) is 61.9 Å². The number of nitrogens with one attached hydrogen (secondary N) is 1. The number of anilines is 1. The number of nitrogens with zero attached hydrogens (tertiary/aromatic N) is 2. The SMILES string of the molecule is COc1ccc(N2C(=O)CCC2C(=O)NCCCN(C)C)cc1. The number of hydrogen-bond donors (Lipinski definition) is 1. The molecule has 0 bridgehead atoms. The Kier molecular flexibility index (Phi) is 5.98. The molecule has 1 unspecified atom stereocenters. The number of hydrogen-bond acceptors (Lipinski definition) is 4. The van der Waals surface area contributed by atoms with Gasteiger partial charge in [0.1, 0.15) is 11.8 Å². The summed E-state index contributed by atoms with van der Waals surface area (Å²) in [5, 5.41) is 2.94. The number of ether oxygens (including phenoxy) is 1. The summed E-state index contributed by atoms with van der Waals surface area (Å²) in [5.74, 6) is 0.638. The Hall–Kier alpha value is -2.08. The van der Waals surface area contributed by atoms with Gasteiger partial charge in [0, 0.05) is 18.7 Å². The molecule has 0 aromatic heterocycles. The van der Waals surface area contributed by atoms with Crippen LogP contribution < -0.4 is 15.0 Å². The lowest BCUT2D eigenvalue weighted by molar-refractivity contribution is -0.123. The molecule has 1 aromatic carbocycles. The van der Waals surface area contributed by atoms with Gasteiger partial charge in [0.05, 0.1) is 7.11 Å². The van der Waals surface area contributed by atoms with E-state index in [0.29, 0.717) is 19.4 Å². The van der Waals surface area contributed by atoms with Crippen LogP contribution in [0.25, 0.3) is 0 Å². The van der Waals surface area contributed by atoms with Crippen LogP contribution >= 0.6 is 0 Å². The molecule has 2 amide bonds. The van der Waals surface area contributed by atoms with Crippen LogP contribution in [0.3, 0.4) is 0 Å². The minimum absolute atomic E-state index is 0.0105. The maximum absolute atomic E-state index is 12.4. The first-order valence-electron chi connectivity index (χ1n) is 7.91. The van der Waals surface area contributed by atoms with Gasteiger partial charge in [-0.3, -0.25) is 14.5 Å². The van der Waals surface area contributed by atoms with Gasteiger partial charge in [-0.15, -0.1) is 0 Å². The fourth-order valence-corrected chi connectivity index (χ4v) is 2.72. The molecule has 1 fully saturated rings. The summed E-state index contributed by atoms with van der Waals surface area (Å²) in [5.41, 5.74) is 0.738. The van der Waals surface area contributed by atoms with Gasteiger partial charge in [-0.25, -0.2) is 0 Å². The molecule has 0 aliphatic carbocycles. The lowest BCUT2D eigenvalue weighted by Crippen LogP contribution is -2.45. The Bertz CT molecular complexity index is 543. The maximum atomic E-state index is 12.4. The molecule has 1 atom stereocenters. The normalized spacial score (nSPS) is 17.7. The van der Waals surface area contributed by atoms with E-state index in [9.17, 15) is 9.59 Å². The van der Waals surface area contributed by atoms with Gasteiger partial charge in [0.25, 0.3) is 0 Å². The average Bonchev–Trinajstić information content (AvgIpc) is 2.93. The van der Waals surface area contributed by atoms with Crippen LogP contribution in [-0.4, -0.2) is 57.1 Å². The van der Waals surface area contributed by atoms with E-state index in [4.69, 9.17) is 4.74 Å². The van der Waals surface area contributed by atoms with Crippen molar-refractivity contribution in [1.82, 2.24) is 10.2 Å². The van der Waals surface area contributed by atoms with Crippen molar-refractivity contribution in [3.63, 3.8) is 0 Å². The highest BCUT2D eigenvalue weighted by atomic mass is 16.5. The van der Waals surface area contributed by atoms with Crippen molar-refractivity contribution in [2.75, 3.05) is 39.2 Å². The molecule has 0 radical (unpaired) electrons. The molecule has 2 rings (SSSR count). The monoisotopic (exact) mass is 319 g/mol. The van der Waals surface area contributed by atoms with Crippen molar-refractivity contribution in [3.8, 4) is 5.75 Å². The van der Waals surface area contributed by atoms with E-state index in [-0.39, 0.29) is 11.8 Å². The van der Waals surface area contributed by atoms with Crippen molar-refractivity contribution in [2.24, 2.45) is 0 Å². The van der Waals surface area contributed by atoms with Gasteiger partial charge in [-0.05, 0) is 57.7 Å². The second-order valence-electron chi connectivity index (χ2n) is 5.96. The van der Waals surface area contributed by atoms with Crippen LogP contribution in [0.15, 0.2) is 24.3 Å². The smallest absolute Gasteiger partial charge is 0.243 e. The lowest BCUT2D eigenvalue weighted by Gasteiger charge is -2.24. The van der Waals surface area contributed by atoms with E-state index >= 15 is 0 Å². The zero-order chi connectivity index (χ0) is 16.8. The summed E-state index contributed by atoms with van der Waals surface area (Å²) >= 11 is 0. The summed E-state index contributed by atoms with van der Waals surface area (Å²) in [6, 6.07) is 6.80. The van der Waals surface area contributed by atoms with Crippen molar-refractivity contribution in [1.29, 1.82) is 0 Å². The molecule has 0 spiro atoms. The van der Waals surface area contributed by atoms with Crippen LogP contribution in [-0.2, 0) is 9.59 Å². The Morgan fingerprint density at radius 1 is 1.35 bits per heavy atom. The standard InChI is InChI=1S/C17H25N3O3/c1-19(2)12-4-11-18-17(22)15-9-10-16(21)20(15)13-5-7-14(23-3)8-6-13/h5-8,15H,4,9-12H2,1-3H3,(H,18,22). The predicted octanol–water partition coefficient (Wildman–Crippen LogP) is 1.26. The molecule has 1 aromatic rings. The number of carbonyl (C=O) groups is 2. The van der Waals surface area contributed by atoms with Gasteiger partial charge in [0.15, 0.2) is 0 Å². The highest BCUT2D eigenvalue weighted by Crippen LogP contribution is 2.28. The van der Waals surface area contributed by atoms with Crippen molar-refractivity contribution < 1.29 is 14.3 Å². The molecule has 1 N–H and O–H groups in total. The van der Waals surface area contributed by atoms with Gasteiger partial charge in [-0.1, -0.05) is 0 Å². The fourth-order valence-electron chi connectivity index (χ4n) is 2.72. The van der Waals surface area contributed by atoms with Gasteiger partial charge in [-0.2, -0.15) is 0 Å². The molecule has 0 saturated carbocycles. The van der Waals surface area contributed by atoms with Crippen molar-refractivity contribution in [3.05, 3.63) is 24.3 Å². The largest absolute Gasteiger partial charge is 0.497 e. The number of methoxy groups -OCH3 is 1. The zero-order valence-electron chi connectivity index (χ0n) is 14.0. The summed E-state index contributed by atoms with van der Waals surface area (Å²) in [7, 11) is 5.60. The fraction of sp³-hybridized carbons (Fsp3) is 0.529. The summed E-state index contributed by atoms with van der Waals surface area (Å²) in [4.78, 5) is 28.2. The van der Waals surface area contributed by atoms with E-state index < -0.39 is 6.04 Å². The molecule has 126 valence electrons. The first kappa shape index (κ1) is 17.3. The lowest BCUT2D eigenvalue weighted by atomic mass is 10.2. The van der Waals surface area contributed by atoms with E-state index in [1.165, 1.54) is 0 Å². The molecule has 1 heterocycles. The minimum Gasteiger partial charge on any atom is -0.497 e. The van der Waals surface area contributed by atoms with Crippen LogP contribution in [0.4, 0.5) is 5.69 Å². The van der Waals surface area contributed by atoms with Crippen molar-refractivity contribution in [2.45, 2.75) is 25.3 Å². The number of benzene rings is 1. The third-order valence-corrected chi connectivity index (χ3v) is 3.95. The third-order valence-electron chi connectivity index (χ3n) is 3.95. The molecule has 6 heteroatoms. The van der Waals surface area contributed by atoms with E-state index in [0.717, 1.165) is 24.4 Å². The van der Waals surface area contributed by atoms with Crippen LogP contribution in [0, 0.1) is 0 Å². The Balaban J connectivity index is 1.99. The van der Waals surface area contributed by atoms with Crippen LogP contribution in [0.1, 0.15) is 19.3 Å². The molecule has 1 aliphatic rings. The van der Waals surface area contributed by atoms with Gasteiger partial charge >= 0.3 is 0 Å². The average molecular weight is 319 g/mol. The first-order chi connectivity index (χ1) is 11.0. The van der Waals surface area contributed by atoms with Gasteiger partial charge < -0.3 is 15.0 Å². The Morgan fingerprint density at radius 2 is 2.04 bits per heavy atom. The summed E-state index contributed by atoms with van der Waals surface area (Å²) in [6.07, 6.45) is 1.86. The van der Waals surface area contributed by atoms with E-state index in [2.05, 4.69) is 10.2 Å². The summed E-state index contributed by atoms with van der Waals surface area (Å²) < 4.78 is 5.13. The van der Waals surface area contributed by atoms with Crippen LogP contribution in [0.2, 0.25) is 0 Å². The molecule has 1 aliphatic heterocycles. The van der Waals surface area contributed by atoms with E-state index in [1.54, 1.807) is 24.1 Å². The predicted molar refractivity (Wildman–Crippen MR) is 89.7 cm³/mol. The van der Waals surface area contributed by atoms with Crippen molar-refractivity contribution >= 4 is 17.5 Å². The molecule has 1 saturated heterocycles. The Morgan fingerprint density at radius 3 is 2.65 bits per heavy atom. The van der Waals surface area contributed by atoms with Gasteiger partial charge in [0.2, 0.25) is 11.8 Å². The number of amides is 2. The quantitative estimate of drug-likeness (QED) is 0.769. The second kappa shape index (κ2) is 7.97. The Labute approximate surface area is 137 Å². The molecular weight excluding hydrogens is 294 g/mol. The molecular formula is C17H25N3O3. The third kappa shape index (κ3) is 4.45. The highest BCUT2D eigenvalue weighted by Gasteiger charge is 2.36. The highest BCUT2D eigenvalue weighted by molar-refractivity contribution is 6.03. The maximum Gasteiger partial charge on any atom is 0.243 e. The molecule has 23 heavy (non-hydrogen) atoms. The zero-order valence-corrected chi connectivity index (χ0v) is 14.0. The minimum atomic E-state index is -0.421. The molecule has 6 nitrogen and oxygen atoms in total. The van der Waals surface area contributed by atoms with E-state index in [1.807, 2.05) is 26.2 Å². The van der Waals surface area contributed by atoms with Crippen LogP contribution in [0.5, 0.6) is 5.75 Å². The second-order valence-corrected chi connectivity index (χ2v) is 5.96. The number of rotatable bonds is 7.